The van der Waals surface area contributed by atoms with Crippen LogP contribution in [0.4, 0.5) is 0 Å². The Hall–Kier alpha value is -1.69. The molecule has 1 N–H and O–H groups in total. The summed E-state index contributed by atoms with van der Waals surface area (Å²) in [7, 11) is 0. The highest BCUT2D eigenvalue weighted by molar-refractivity contribution is 7.07. The first-order valence-electron chi connectivity index (χ1n) is 6.06. The molecular weight excluding hydrogens is 262 g/mol. The zero-order chi connectivity index (χ0) is 13.9. The van der Waals surface area contributed by atoms with Gasteiger partial charge in [-0.15, -0.1) is 0 Å². The van der Waals surface area contributed by atoms with E-state index in [2.05, 4.69) is 15.5 Å². The Morgan fingerprint density at radius 3 is 2.84 bits per heavy atom. The molecule has 0 aromatic carbocycles. The van der Waals surface area contributed by atoms with Crippen LogP contribution < -0.4 is 5.32 Å². The maximum atomic E-state index is 11.7. The molecule has 0 atom stereocenters. The molecule has 2 heterocycles. The second kappa shape index (κ2) is 5.52. The molecule has 5 nitrogen and oxygen atoms in total. The van der Waals surface area contributed by atoms with Crippen molar-refractivity contribution in [2.45, 2.75) is 39.2 Å². The van der Waals surface area contributed by atoms with Gasteiger partial charge < -0.3 is 9.84 Å². The molecule has 0 aliphatic heterocycles. The van der Waals surface area contributed by atoms with Crippen LogP contribution in [-0.2, 0) is 23.2 Å². The number of nitrogens with zero attached hydrogens (tertiary/aromatic N) is 2. The fourth-order valence-electron chi connectivity index (χ4n) is 1.45. The van der Waals surface area contributed by atoms with E-state index in [1.807, 2.05) is 37.6 Å². The first-order chi connectivity index (χ1) is 8.95. The lowest BCUT2D eigenvalue weighted by molar-refractivity contribution is -0.120. The van der Waals surface area contributed by atoms with Gasteiger partial charge in [-0.1, -0.05) is 25.9 Å². The predicted molar refractivity (Wildman–Crippen MR) is 72.9 cm³/mol. The molecule has 1 amide bonds. The second-order valence-electron chi connectivity index (χ2n) is 5.35. The lowest BCUT2D eigenvalue weighted by atomic mass is 9.96. The Labute approximate surface area is 116 Å². The van der Waals surface area contributed by atoms with Gasteiger partial charge in [0.15, 0.2) is 5.82 Å². The molecule has 0 aliphatic carbocycles. The van der Waals surface area contributed by atoms with Crippen molar-refractivity contribution in [2.75, 3.05) is 0 Å². The van der Waals surface area contributed by atoms with E-state index >= 15 is 0 Å². The van der Waals surface area contributed by atoms with Gasteiger partial charge in [0.25, 0.3) is 0 Å². The SMILES string of the molecule is CC(C)(C)c1noc(CNC(=O)Cc2ccsc2)n1. The van der Waals surface area contributed by atoms with Crippen molar-refractivity contribution in [2.24, 2.45) is 0 Å². The van der Waals surface area contributed by atoms with E-state index in [9.17, 15) is 4.79 Å². The van der Waals surface area contributed by atoms with Crippen LogP contribution in [0.2, 0.25) is 0 Å². The third-order valence-corrected chi connectivity index (χ3v) is 3.25. The lowest BCUT2D eigenvalue weighted by Crippen LogP contribution is -2.24. The number of thiophene rings is 1. The van der Waals surface area contributed by atoms with Gasteiger partial charge in [0, 0.05) is 5.41 Å². The highest BCUT2D eigenvalue weighted by Gasteiger charge is 2.20. The number of carbonyl (C=O) groups is 1. The first kappa shape index (κ1) is 13.7. The zero-order valence-corrected chi connectivity index (χ0v) is 12.1. The maximum Gasteiger partial charge on any atom is 0.246 e. The minimum absolute atomic E-state index is 0.0473. The molecule has 0 radical (unpaired) electrons. The zero-order valence-electron chi connectivity index (χ0n) is 11.3. The molecule has 2 rings (SSSR count). The van der Waals surface area contributed by atoms with Gasteiger partial charge >= 0.3 is 0 Å². The number of nitrogens with one attached hydrogen (secondary N) is 1. The predicted octanol–water partition coefficient (Wildman–Crippen LogP) is 2.29. The van der Waals surface area contributed by atoms with Crippen molar-refractivity contribution >= 4 is 17.2 Å². The summed E-state index contributed by atoms with van der Waals surface area (Å²) < 4.78 is 5.10. The number of amides is 1. The first-order valence-corrected chi connectivity index (χ1v) is 7.00. The third-order valence-electron chi connectivity index (χ3n) is 2.52. The fourth-order valence-corrected chi connectivity index (χ4v) is 2.12. The van der Waals surface area contributed by atoms with Crippen LogP contribution in [0.15, 0.2) is 21.3 Å². The van der Waals surface area contributed by atoms with E-state index in [0.29, 0.717) is 18.1 Å². The Kier molecular flexibility index (Phi) is 3.99. The van der Waals surface area contributed by atoms with Gasteiger partial charge in [0.2, 0.25) is 11.8 Å². The van der Waals surface area contributed by atoms with Gasteiger partial charge in [0.05, 0.1) is 13.0 Å². The lowest BCUT2D eigenvalue weighted by Gasteiger charge is -2.10. The molecule has 0 aliphatic rings. The smallest absolute Gasteiger partial charge is 0.246 e. The van der Waals surface area contributed by atoms with Crippen molar-refractivity contribution in [3.05, 3.63) is 34.1 Å². The summed E-state index contributed by atoms with van der Waals surface area (Å²) in [4.78, 5) is 16.0. The van der Waals surface area contributed by atoms with E-state index in [0.717, 1.165) is 5.56 Å². The molecule has 19 heavy (non-hydrogen) atoms. The van der Waals surface area contributed by atoms with Crippen LogP contribution in [0.25, 0.3) is 0 Å². The topological polar surface area (TPSA) is 68.0 Å². The quantitative estimate of drug-likeness (QED) is 0.932. The van der Waals surface area contributed by atoms with E-state index in [4.69, 9.17) is 4.52 Å². The van der Waals surface area contributed by atoms with Gasteiger partial charge in [-0.3, -0.25) is 4.79 Å². The molecule has 2 aromatic heterocycles. The normalized spacial score (nSPS) is 11.5. The van der Waals surface area contributed by atoms with E-state index in [-0.39, 0.29) is 17.9 Å². The van der Waals surface area contributed by atoms with Crippen molar-refractivity contribution in [3.8, 4) is 0 Å². The standard InChI is InChI=1S/C13H17N3O2S/c1-13(2,3)12-15-11(18-16-12)7-14-10(17)6-9-4-5-19-8-9/h4-5,8H,6-7H2,1-3H3,(H,14,17). The van der Waals surface area contributed by atoms with Crippen molar-refractivity contribution in [1.82, 2.24) is 15.5 Å². The summed E-state index contributed by atoms with van der Waals surface area (Å²) in [5, 5.41) is 10.6. The highest BCUT2D eigenvalue weighted by atomic mass is 32.1. The Morgan fingerprint density at radius 2 is 2.26 bits per heavy atom. The average Bonchev–Trinajstić information content (AvgIpc) is 2.95. The summed E-state index contributed by atoms with van der Waals surface area (Å²) in [6.07, 6.45) is 0.379. The van der Waals surface area contributed by atoms with Crippen LogP contribution in [0.1, 0.15) is 38.0 Å². The summed E-state index contributed by atoms with van der Waals surface area (Å²) in [6, 6.07) is 1.94. The van der Waals surface area contributed by atoms with Crippen LogP contribution in [0, 0.1) is 0 Å². The molecule has 0 fully saturated rings. The fraction of sp³-hybridized carbons (Fsp3) is 0.462. The monoisotopic (exact) mass is 279 g/mol. The van der Waals surface area contributed by atoms with Gasteiger partial charge in [-0.2, -0.15) is 16.3 Å². The molecule has 0 spiro atoms. The average molecular weight is 279 g/mol. The summed E-state index contributed by atoms with van der Waals surface area (Å²) >= 11 is 1.58. The van der Waals surface area contributed by atoms with Crippen molar-refractivity contribution in [1.29, 1.82) is 0 Å². The maximum absolute atomic E-state index is 11.7. The second-order valence-corrected chi connectivity index (χ2v) is 6.13. The molecule has 0 saturated heterocycles. The minimum Gasteiger partial charge on any atom is -0.347 e. The summed E-state index contributed by atoms with van der Waals surface area (Å²) in [5.41, 5.74) is 0.867. The largest absolute Gasteiger partial charge is 0.347 e. The molecule has 0 bridgehead atoms. The van der Waals surface area contributed by atoms with Gasteiger partial charge in [0.1, 0.15) is 0 Å². The Morgan fingerprint density at radius 1 is 1.47 bits per heavy atom. The van der Waals surface area contributed by atoms with Crippen LogP contribution in [-0.4, -0.2) is 16.0 Å². The van der Waals surface area contributed by atoms with E-state index in [1.165, 1.54) is 0 Å². The minimum atomic E-state index is -0.150. The van der Waals surface area contributed by atoms with E-state index in [1.54, 1.807) is 11.3 Å². The number of carbonyl (C=O) groups excluding carboxylic acids is 1. The number of hydrogen-bond donors (Lipinski definition) is 1. The van der Waals surface area contributed by atoms with Crippen molar-refractivity contribution in [3.63, 3.8) is 0 Å². The summed E-state index contributed by atoms with van der Waals surface area (Å²) in [5.74, 6) is 1.03. The molecule has 2 aromatic rings. The summed E-state index contributed by atoms with van der Waals surface area (Å²) in [6.45, 7) is 6.30. The van der Waals surface area contributed by atoms with Crippen LogP contribution >= 0.6 is 11.3 Å². The molecule has 6 heteroatoms. The Balaban J connectivity index is 1.85. The van der Waals surface area contributed by atoms with Crippen molar-refractivity contribution < 1.29 is 9.32 Å². The molecule has 0 unspecified atom stereocenters. The number of rotatable bonds is 4. The highest BCUT2D eigenvalue weighted by Crippen LogP contribution is 2.18. The number of aromatic nitrogens is 2. The third kappa shape index (κ3) is 3.89. The molecule has 0 saturated carbocycles. The Bertz CT molecular complexity index is 540. The van der Waals surface area contributed by atoms with Gasteiger partial charge in [-0.25, -0.2) is 0 Å². The van der Waals surface area contributed by atoms with Gasteiger partial charge in [-0.05, 0) is 22.4 Å². The molecular formula is C13H17N3O2S. The van der Waals surface area contributed by atoms with Crippen LogP contribution in [0.3, 0.4) is 0 Å². The van der Waals surface area contributed by atoms with E-state index < -0.39 is 0 Å². The number of hydrogen-bond acceptors (Lipinski definition) is 5. The van der Waals surface area contributed by atoms with Crippen LogP contribution in [0.5, 0.6) is 0 Å². The molecule has 102 valence electrons.